The highest BCUT2D eigenvalue weighted by molar-refractivity contribution is 7.92. The molecule has 3 aromatic carbocycles. The summed E-state index contributed by atoms with van der Waals surface area (Å²) in [6, 6.07) is 18.2. The SMILES string of the molecule is Cc1ccc(C)c(NS(=O)(=O)c2ccc(NC(=O)C(C)(C)Oc3ccc(Cl)cc3)cc2)c1. The van der Waals surface area contributed by atoms with Crippen molar-refractivity contribution in [1.82, 2.24) is 0 Å². The molecule has 0 aliphatic carbocycles. The fourth-order valence-electron chi connectivity index (χ4n) is 2.89. The van der Waals surface area contributed by atoms with Crippen LogP contribution in [0.5, 0.6) is 5.75 Å². The van der Waals surface area contributed by atoms with Gasteiger partial charge >= 0.3 is 0 Å². The molecule has 0 atom stereocenters. The van der Waals surface area contributed by atoms with Crippen molar-refractivity contribution in [3.63, 3.8) is 0 Å². The number of hydrogen-bond acceptors (Lipinski definition) is 4. The van der Waals surface area contributed by atoms with Gasteiger partial charge in [0.15, 0.2) is 5.60 Å². The van der Waals surface area contributed by atoms with E-state index in [1.54, 1.807) is 44.2 Å². The largest absolute Gasteiger partial charge is 0.478 e. The van der Waals surface area contributed by atoms with Gasteiger partial charge in [-0.3, -0.25) is 9.52 Å². The van der Waals surface area contributed by atoms with Crippen LogP contribution in [0.3, 0.4) is 0 Å². The highest BCUT2D eigenvalue weighted by Crippen LogP contribution is 2.24. The fraction of sp³-hybridized carbons (Fsp3) is 0.208. The Morgan fingerprint density at radius 2 is 1.56 bits per heavy atom. The molecule has 0 aromatic heterocycles. The first-order valence-corrected chi connectivity index (χ1v) is 11.8. The van der Waals surface area contributed by atoms with Crippen molar-refractivity contribution in [3.8, 4) is 5.75 Å². The van der Waals surface area contributed by atoms with Gasteiger partial charge in [-0.15, -0.1) is 0 Å². The predicted molar refractivity (Wildman–Crippen MR) is 128 cm³/mol. The van der Waals surface area contributed by atoms with Crippen LogP contribution in [0.25, 0.3) is 0 Å². The molecule has 0 saturated heterocycles. The molecule has 6 nitrogen and oxygen atoms in total. The summed E-state index contributed by atoms with van der Waals surface area (Å²) in [7, 11) is -3.77. The van der Waals surface area contributed by atoms with E-state index in [1.165, 1.54) is 24.3 Å². The molecule has 0 aliphatic heterocycles. The first-order chi connectivity index (χ1) is 15.0. The first kappa shape index (κ1) is 23.6. The number of nitrogens with one attached hydrogen (secondary N) is 2. The Balaban J connectivity index is 1.70. The smallest absolute Gasteiger partial charge is 0.267 e. The second-order valence-corrected chi connectivity index (χ2v) is 10.1. The van der Waals surface area contributed by atoms with E-state index in [9.17, 15) is 13.2 Å². The molecule has 32 heavy (non-hydrogen) atoms. The van der Waals surface area contributed by atoms with Crippen LogP contribution in [0.15, 0.2) is 71.6 Å². The van der Waals surface area contributed by atoms with Crippen molar-refractivity contribution in [2.24, 2.45) is 0 Å². The zero-order chi connectivity index (χ0) is 23.5. The number of rotatable bonds is 7. The van der Waals surface area contributed by atoms with Crippen LogP contribution in [0.1, 0.15) is 25.0 Å². The number of sulfonamides is 1. The van der Waals surface area contributed by atoms with Crippen LogP contribution in [0.4, 0.5) is 11.4 Å². The van der Waals surface area contributed by atoms with E-state index < -0.39 is 15.6 Å². The van der Waals surface area contributed by atoms with E-state index in [0.717, 1.165) is 11.1 Å². The van der Waals surface area contributed by atoms with Gasteiger partial charge in [-0.25, -0.2) is 8.42 Å². The van der Waals surface area contributed by atoms with Gasteiger partial charge in [-0.2, -0.15) is 0 Å². The van der Waals surface area contributed by atoms with Gasteiger partial charge < -0.3 is 10.1 Å². The minimum Gasteiger partial charge on any atom is -0.478 e. The summed E-state index contributed by atoms with van der Waals surface area (Å²) in [5.41, 5.74) is 1.60. The second kappa shape index (κ2) is 9.22. The Hall–Kier alpha value is -3.03. The molecule has 0 saturated carbocycles. The third-order valence-corrected chi connectivity index (χ3v) is 6.43. The number of benzene rings is 3. The van der Waals surface area contributed by atoms with Crippen molar-refractivity contribution >= 4 is 38.9 Å². The molecule has 1 amide bonds. The van der Waals surface area contributed by atoms with E-state index in [0.29, 0.717) is 22.1 Å². The van der Waals surface area contributed by atoms with Crippen LogP contribution >= 0.6 is 11.6 Å². The van der Waals surface area contributed by atoms with Gasteiger partial charge in [0, 0.05) is 10.7 Å². The Morgan fingerprint density at radius 1 is 0.938 bits per heavy atom. The number of anilines is 2. The van der Waals surface area contributed by atoms with E-state index in [2.05, 4.69) is 10.0 Å². The highest BCUT2D eigenvalue weighted by Gasteiger charge is 2.30. The lowest BCUT2D eigenvalue weighted by molar-refractivity contribution is -0.128. The molecule has 0 spiro atoms. The van der Waals surface area contributed by atoms with Gasteiger partial charge in [0.05, 0.1) is 10.6 Å². The maximum absolute atomic E-state index is 12.8. The third-order valence-electron chi connectivity index (χ3n) is 4.79. The molecular formula is C24H25ClN2O4S. The number of carbonyl (C=O) groups excluding carboxylic acids is 1. The van der Waals surface area contributed by atoms with Gasteiger partial charge in [0.1, 0.15) is 5.75 Å². The van der Waals surface area contributed by atoms with Gasteiger partial charge in [0.2, 0.25) is 0 Å². The Kier molecular flexibility index (Phi) is 6.81. The van der Waals surface area contributed by atoms with E-state index in [1.807, 2.05) is 26.0 Å². The Bertz CT molecular complexity index is 1220. The second-order valence-electron chi connectivity index (χ2n) is 7.97. The fourth-order valence-corrected chi connectivity index (χ4v) is 4.14. The van der Waals surface area contributed by atoms with Crippen molar-refractivity contribution in [2.45, 2.75) is 38.2 Å². The molecule has 3 aromatic rings. The normalized spacial score (nSPS) is 11.7. The average molecular weight is 473 g/mol. The lowest BCUT2D eigenvalue weighted by atomic mass is 10.1. The lowest BCUT2D eigenvalue weighted by Crippen LogP contribution is -2.42. The van der Waals surface area contributed by atoms with Gasteiger partial charge in [-0.05, 0) is 93.4 Å². The topological polar surface area (TPSA) is 84.5 Å². The number of carbonyl (C=O) groups is 1. The Morgan fingerprint density at radius 3 is 2.19 bits per heavy atom. The molecule has 2 N–H and O–H groups in total. The van der Waals surface area contributed by atoms with E-state index in [-0.39, 0.29) is 10.8 Å². The minimum atomic E-state index is -3.77. The molecular weight excluding hydrogens is 448 g/mol. The highest BCUT2D eigenvalue weighted by atomic mass is 35.5. The molecule has 168 valence electrons. The van der Waals surface area contributed by atoms with Crippen molar-refractivity contribution < 1.29 is 17.9 Å². The molecule has 8 heteroatoms. The van der Waals surface area contributed by atoms with Gasteiger partial charge in [-0.1, -0.05) is 23.7 Å². The predicted octanol–water partition coefficient (Wildman–Crippen LogP) is 5.55. The molecule has 0 bridgehead atoms. The third kappa shape index (κ3) is 5.81. The zero-order valence-corrected chi connectivity index (χ0v) is 19.8. The van der Waals surface area contributed by atoms with Crippen molar-refractivity contribution in [3.05, 3.63) is 82.9 Å². The number of ether oxygens (including phenoxy) is 1. The summed E-state index contributed by atoms with van der Waals surface area (Å²) in [6.45, 7) is 7.02. The monoisotopic (exact) mass is 472 g/mol. The summed E-state index contributed by atoms with van der Waals surface area (Å²) in [5.74, 6) is 0.130. The van der Waals surface area contributed by atoms with Crippen LogP contribution in [0, 0.1) is 13.8 Å². The molecule has 0 heterocycles. The minimum absolute atomic E-state index is 0.0908. The van der Waals surface area contributed by atoms with Gasteiger partial charge in [0.25, 0.3) is 15.9 Å². The van der Waals surface area contributed by atoms with E-state index >= 15 is 0 Å². The standard InChI is InChI=1S/C24H25ClN2O4S/c1-16-5-6-17(2)22(15-16)27-32(29,30)21-13-9-19(10-14-21)26-23(28)24(3,4)31-20-11-7-18(25)8-12-20/h5-15,27H,1-4H3,(H,26,28). The lowest BCUT2D eigenvalue weighted by Gasteiger charge is -2.25. The van der Waals surface area contributed by atoms with Crippen molar-refractivity contribution in [1.29, 1.82) is 0 Å². The molecule has 0 unspecified atom stereocenters. The molecule has 0 radical (unpaired) electrons. The van der Waals surface area contributed by atoms with Crippen LogP contribution in [-0.4, -0.2) is 19.9 Å². The summed E-state index contributed by atoms with van der Waals surface area (Å²) in [6.07, 6.45) is 0. The zero-order valence-electron chi connectivity index (χ0n) is 18.3. The maximum atomic E-state index is 12.8. The summed E-state index contributed by atoms with van der Waals surface area (Å²) in [5, 5.41) is 3.32. The quantitative estimate of drug-likeness (QED) is 0.472. The average Bonchev–Trinajstić information content (AvgIpc) is 2.72. The summed E-state index contributed by atoms with van der Waals surface area (Å²) < 4.78 is 33.9. The summed E-state index contributed by atoms with van der Waals surface area (Å²) >= 11 is 5.88. The molecule has 0 aliphatic rings. The van der Waals surface area contributed by atoms with Crippen LogP contribution in [0.2, 0.25) is 5.02 Å². The maximum Gasteiger partial charge on any atom is 0.267 e. The van der Waals surface area contributed by atoms with E-state index in [4.69, 9.17) is 16.3 Å². The first-order valence-electron chi connectivity index (χ1n) is 9.92. The van der Waals surface area contributed by atoms with Crippen LogP contribution in [-0.2, 0) is 14.8 Å². The number of hydrogen-bond donors (Lipinski definition) is 2. The number of halogens is 1. The summed E-state index contributed by atoms with van der Waals surface area (Å²) in [4.78, 5) is 12.8. The van der Waals surface area contributed by atoms with Crippen molar-refractivity contribution in [2.75, 3.05) is 10.0 Å². The molecule has 3 rings (SSSR count). The number of aryl methyl sites for hydroxylation is 2. The number of amides is 1. The van der Waals surface area contributed by atoms with Crippen LogP contribution < -0.4 is 14.8 Å². The molecule has 0 fully saturated rings. The Labute approximate surface area is 193 Å².